The summed E-state index contributed by atoms with van der Waals surface area (Å²) in [5.41, 5.74) is 1.13. The molecule has 3 heterocycles. The van der Waals surface area contributed by atoms with Crippen molar-refractivity contribution < 1.29 is 14.1 Å². The summed E-state index contributed by atoms with van der Waals surface area (Å²) in [6.45, 7) is 3.72. The van der Waals surface area contributed by atoms with E-state index in [1.807, 2.05) is 13.8 Å². The van der Waals surface area contributed by atoms with E-state index in [9.17, 15) is 19.7 Å². The molecule has 2 aromatic heterocycles. The molecule has 0 unspecified atom stereocenters. The Morgan fingerprint density at radius 3 is 2.66 bits per heavy atom. The smallest absolute Gasteiger partial charge is 0.297 e. The van der Waals surface area contributed by atoms with Crippen LogP contribution in [0.5, 0.6) is 0 Å². The number of hydrogen-bond donors (Lipinski definition) is 0. The number of nitro benzene ring substituents is 1. The lowest BCUT2D eigenvalue weighted by atomic mass is 9.98. The molecule has 0 radical (unpaired) electrons. The van der Waals surface area contributed by atoms with Crippen LogP contribution in [-0.4, -0.2) is 15.8 Å². The molecule has 0 saturated heterocycles. The summed E-state index contributed by atoms with van der Waals surface area (Å²) in [7, 11) is 0. The Morgan fingerprint density at radius 2 is 1.97 bits per heavy atom. The standard InChI is InChI=1S/C22H14BrN3O5S/c1-10-11(2)32-22(24-10)25-18(12-4-3-5-14(8-12)26(29)30)17-19(27)15-9-13(23)6-7-16(15)31-20(17)21(25)28/h3-9,18H,1-2H3/t18-/m0/s1. The number of thiazole rings is 1. The molecule has 0 bridgehead atoms. The molecule has 0 aliphatic carbocycles. The second-order valence-corrected chi connectivity index (χ2v) is 9.48. The van der Waals surface area contributed by atoms with Gasteiger partial charge in [0.15, 0.2) is 10.6 Å². The van der Waals surface area contributed by atoms with E-state index in [-0.39, 0.29) is 28.0 Å². The average molecular weight is 512 g/mol. The van der Waals surface area contributed by atoms with E-state index in [0.29, 0.717) is 20.6 Å². The quantitative estimate of drug-likeness (QED) is 0.273. The van der Waals surface area contributed by atoms with E-state index in [2.05, 4.69) is 20.9 Å². The Hall–Kier alpha value is -3.37. The minimum Gasteiger partial charge on any atom is -0.450 e. The van der Waals surface area contributed by atoms with Crippen molar-refractivity contribution in [3.8, 4) is 0 Å². The van der Waals surface area contributed by atoms with Crippen molar-refractivity contribution in [1.82, 2.24) is 4.98 Å². The van der Waals surface area contributed by atoms with Gasteiger partial charge in [-0.3, -0.25) is 24.6 Å². The van der Waals surface area contributed by atoms with E-state index in [0.717, 1.165) is 10.6 Å². The first kappa shape index (κ1) is 20.5. The third-order valence-corrected chi connectivity index (χ3v) is 7.02. The van der Waals surface area contributed by atoms with Gasteiger partial charge in [0.05, 0.1) is 27.6 Å². The van der Waals surface area contributed by atoms with Gasteiger partial charge in [0.2, 0.25) is 5.76 Å². The Balaban J connectivity index is 1.83. The Labute approximate surface area is 193 Å². The number of carbonyl (C=O) groups excluding carboxylic acids is 1. The van der Waals surface area contributed by atoms with E-state index in [1.165, 1.54) is 34.4 Å². The molecule has 160 valence electrons. The lowest BCUT2D eigenvalue weighted by Gasteiger charge is -2.22. The Bertz CT molecular complexity index is 1490. The van der Waals surface area contributed by atoms with Gasteiger partial charge in [-0.05, 0) is 37.6 Å². The van der Waals surface area contributed by atoms with Crippen LogP contribution in [0.4, 0.5) is 10.8 Å². The molecule has 0 N–H and O–H groups in total. The minimum atomic E-state index is -0.901. The summed E-state index contributed by atoms with van der Waals surface area (Å²) in [5, 5.41) is 12.1. The summed E-state index contributed by atoms with van der Waals surface area (Å²) in [6.07, 6.45) is 0. The second-order valence-electron chi connectivity index (χ2n) is 7.38. The monoisotopic (exact) mass is 511 g/mol. The van der Waals surface area contributed by atoms with Crippen LogP contribution >= 0.6 is 27.3 Å². The van der Waals surface area contributed by atoms with Gasteiger partial charge in [-0.2, -0.15) is 0 Å². The second kappa shape index (κ2) is 7.35. The number of aromatic nitrogens is 1. The number of non-ortho nitro benzene ring substituents is 1. The molecule has 5 rings (SSSR count). The highest BCUT2D eigenvalue weighted by Crippen LogP contribution is 2.43. The van der Waals surface area contributed by atoms with Gasteiger partial charge in [-0.1, -0.05) is 28.1 Å². The maximum atomic E-state index is 13.6. The fourth-order valence-corrected chi connectivity index (χ4v) is 5.12. The van der Waals surface area contributed by atoms with Crippen molar-refractivity contribution in [2.75, 3.05) is 4.90 Å². The number of fused-ring (bicyclic) bond motifs is 2. The van der Waals surface area contributed by atoms with Gasteiger partial charge in [0, 0.05) is 21.5 Å². The summed E-state index contributed by atoms with van der Waals surface area (Å²) < 4.78 is 6.59. The van der Waals surface area contributed by atoms with Crippen molar-refractivity contribution in [3.63, 3.8) is 0 Å². The van der Waals surface area contributed by atoms with Crippen LogP contribution in [0.1, 0.15) is 38.3 Å². The van der Waals surface area contributed by atoms with Gasteiger partial charge < -0.3 is 4.42 Å². The molecule has 1 amide bonds. The Kier molecular flexibility index (Phi) is 4.72. The molecular formula is C22H14BrN3O5S. The summed E-state index contributed by atoms with van der Waals surface area (Å²) >= 11 is 4.68. The molecule has 0 spiro atoms. The number of nitro groups is 1. The van der Waals surface area contributed by atoms with Gasteiger partial charge in [-0.15, -0.1) is 11.3 Å². The number of hydrogen-bond acceptors (Lipinski definition) is 7. The molecule has 0 fully saturated rings. The molecule has 8 nitrogen and oxygen atoms in total. The first-order chi connectivity index (χ1) is 15.3. The number of carbonyl (C=O) groups is 1. The lowest BCUT2D eigenvalue weighted by molar-refractivity contribution is -0.384. The molecule has 4 aromatic rings. The number of anilines is 1. The maximum Gasteiger partial charge on any atom is 0.297 e. The molecule has 1 aliphatic heterocycles. The normalized spacial score (nSPS) is 15.4. The van der Waals surface area contributed by atoms with Crippen molar-refractivity contribution in [2.45, 2.75) is 19.9 Å². The van der Waals surface area contributed by atoms with E-state index in [4.69, 9.17) is 4.42 Å². The Morgan fingerprint density at radius 1 is 1.19 bits per heavy atom. The maximum absolute atomic E-state index is 13.6. The van der Waals surface area contributed by atoms with Gasteiger partial charge in [0.1, 0.15) is 5.58 Å². The van der Waals surface area contributed by atoms with Crippen LogP contribution in [0, 0.1) is 24.0 Å². The number of halogens is 1. The third kappa shape index (κ3) is 3.06. The number of benzene rings is 2. The summed E-state index contributed by atoms with van der Waals surface area (Å²) in [5.74, 6) is -0.584. The first-order valence-electron chi connectivity index (χ1n) is 9.54. The summed E-state index contributed by atoms with van der Waals surface area (Å²) in [4.78, 5) is 44.8. The largest absolute Gasteiger partial charge is 0.450 e. The van der Waals surface area contributed by atoms with Gasteiger partial charge >= 0.3 is 0 Å². The summed E-state index contributed by atoms with van der Waals surface area (Å²) in [6, 6.07) is 10.0. The fraction of sp³-hybridized carbons (Fsp3) is 0.136. The van der Waals surface area contributed by atoms with Crippen LogP contribution < -0.4 is 10.3 Å². The number of amides is 1. The number of rotatable bonds is 3. The number of aryl methyl sites for hydroxylation is 2. The van der Waals surface area contributed by atoms with Gasteiger partial charge in [-0.25, -0.2) is 4.98 Å². The van der Waals surface area contributed by atoms with Crippen LogP contribution in [-0.2, 0) is 0 Å². The zero-order valence-electron chi connectivity index (χ0n) is 16.8. The third-order valence-electron chi connectivity index (χ3n) is 5.45. The van der Waals surface area contributed by atoms with Crippen LogP contribution in [0.25, 0.3) is 11.0 Å². The van der Waals surface area contributed by atoms with Crippen molar-refractivity contribution in [3.05, 3.63) is 94.7 Å². The predicted octanol–water partition coefficient (Wildman–Crippen LogP) is 5.29. The van der Waals surface area contributed by atoms with E-state index >= 15 is 0 Å². The molecule has 10 heteroatoms. The highest BCUT2D eigenvalue weighted by Gasteiger charge is 2.45. The zero-order chi connectivity index (χ0) is 22.7. The fourth-order valence-electron chi connectivity index (χ4n) is 3.83. The van der Waals surface area contributed by atoms with Crippen LogP contribution in [0.15, 0.2) is 56.1 Å². The van der Waals surface area contributed by atoms with Crippen LogP contribution in [0.2, 0.25) is 0 Å². The zero-order valence-corrected chi connectivity index (χ0v) is 19.2. The highest BCUT2D eigenvalue weighted by atomic mass is 79.9. The minimum absolute atomic E-state index is 0.0770. The van der Waals surface area contributed by atoms with Crippen LogP contribution in [0.3, 0.4) is 0 Å². The molecular weight excluding hydrogens is 498 g/mol. The average Bonchev–Trinajstić information content (AvgIpc) is 3.25. The molecule has 1 atom stereocenters. The molecule has 2 aromatic carbocycles. The van der Waals surface area contributed by atoms with E-state index in [1.54, 1.807) is 24.3 Å². The SMILES string of the molecule is Cc1nc(N2C(=O)c3oc4ccc(Br)cc4c(=O)c3[C@@H]2c2cccc([N+](=O)[O-])c2)sc1C. The lowest BCUT2D eigenvalue weighted by Crippen LogP contribution is -2.29. The number of nitrogens with zero attached hydrogens (tertiary/aromatic N) is 3. The van der Waals surface area contributed by atoms with Crippen molar-refractivity contribution in [2.24, 2.45) is 0 Å². The molecule has 0 saturated carbocycles. The molecule has 1 aliphatic rings. The highest BCUT2D eigenvalue weighted by molar-refractivity contribution is 9.10. The van der Waals surface area contributed by atoms with Crippen molar-refractivity contribution in [1.29, 1.82) is 0 Å². The molecule has 32 heavy (non-hydrogen) atoms. The van der Waals surface area contributed by atoms with Crippen molar-refractivity contribution >= 4 is 55.0 Å². The van der Waals surface area contributed by atoms with Gasteiger partial charge in [0.25, 0.3) is 11.6 Å². The van der Waals surface area contributed by atoms with E-state index < -0.39 is 16.9 Å². The predicted molar refractivity (Wildman–Crippen MR) is 124 cm³/mol. The first-order valence-corrected chi connectivity index (χ1v) is 11.2. The topological polar surface area (TPSA) is 107 Å².